The van der Waals surface area contributed by atoms with Crippen LogP contribution in [0.4, 0.5) is 18.9 Å². The zero-order valence-corrected chi connectivity index (χ0v) is 17.0. The predicted octanol–water partition coefficient (Wildman–Crippen LogP) is 2.70. The molecule has 1 aromatic rings. The first kappa shape index (κ1) is 24.3. The molecule has 0 aliphatic carbocycles. The summed E-state index contributed by atoms with van der Waals surface area (Å²) in [6.07, 6.45) is -4.47. The lowest BCUT2D eigenvalue weighted by atomic mass is 10.2. The van der Waals surface area contributed by atoms with Crippen LogP contribution in [0.5, 0.6) is 0 Å². The van der Waals surface area contributed by atoms with Crippen molar-refractivity contribution in [1.29, 1.82) is 0 Å². The number of rotatable bonds is 5. The number of alkyl halides is 4. The van der Waals surface area contributed by atoms with Gasteiger partial charge in [0.25, 0.3) is 0 Å². The number of halogens is 5. The first-order valence-corrected chi connectivity index (χ1v) is 9.49. The van der Waals surface area contributed by atoms with Gasteiger partial charge in [-0.1, -0.05) is 11.6 Å². The summed E-state index contributed by atoms with van der Waals surface area (Å²) in [6.45, 7) is 5.42. The molecule has 0 atom stereocenters. The van der Waals surface area contributed by atoms with E-state index < -0.39 is 17.8 Å². The van der Waals surface area contributed by atoms with Crippen LogP contribution in [-0.2, 0) is 4.79 Å². The average molecular weight is 442 g/mol. The lowest BCUT2D eigenvalue weighted by Gasteiger charge is -2.35. The predicted molar refractivity (Wildman–Crippen MR) is 107 cm³/mol. The van der Waals surface area contributed by atoms with E-state index in [0.29, 0.717) is 0 Å². The van der Waals surface area contributed by atoms with E-state index in [0.717, 1.165) is 31.2 Å². The molecule has 1 aromatic carbocycles. The van der Waals surface area contributed by atoms with Crippen LogP contribution in [0, 0.1) is 0 Å². The standard InChI is InChI=1S/C12H15ClN2O.C5H9ClF3N3/c1-10(16)14-6-8-15(9-7-14)12-4-2-11(13)3-5-12;6-3-4(5(7,8)9)12-11-2-1-10/h2-5H,6-9H2,1H3;11H,1-3,10H2/b;12-4+. The van der Waals surface area contributed by atoms with E-state index in [2.05, 4.69) is 15.4 Å². The topological polar surface area (TPSA) is 74.0 Å². The van der Waals surface area contributed by atoms with E-state index in [-0.39, 0.29) is 19.0 Å². The minimum atomic E-state index is -4.47. The van der Waals surface area contributed by atoms with Crippen LogP contribution in [0.25, 0.3) is 0 Å². The number of amides is 1. The Morgan fingerprint density at radius 3 is 2.21 bits per heavy atom. The molecule has 11 heteroatoms. The highest BCUT2D eigenvalue weighted by Crippen LogP contribution is 2.19. The second kappa shape index (κ2) is 12.0. The second-order valence-corrected chi connectivity index (χ2v) is 6.56. The van der Waals surface area contributed by atoms with Crippen molar-refractivity contribution in [2.75, 3.05) is 50.0 Å². The van der Waals surface area contributed by atoms with Crippen molar-refractivity contribution in [3.05, 3.63) is 29.3 Å². The molecule has 2 rings (SSSR count). The van der Waals surface area contributed by atoms with Crippen molar-refractivity contribution in [3.8, 4) is 0 Å². The summed E-state index contributed by atoms with van der Waals surface area (Å²) < 4.78 is 35.6. The van der Waals surface area contributed by atoms with Gasteiger partial charge < -0.3 is 21.0 Å². The number of benzene rings is 1. The third-order valence-electron chi connectivity index (χ3n) is 3.84. The van der Waals surface area contributed by atoms with Crippen molar-refractivity contribution >= 4 is 40.5 Å². The maximum atomic E-state index is 11.9. The molecule has 0 aromatic heterocycles. The Labute approximate surface area is 172 Å². The Morgan fingerprint density at radius 2 is 1.79 bits per heavy atom. The molecule has 0 unspecified atom stereocenters. The fourth-order valence-electron chi connectivity index (χ4n) is 2.32. The SMILES string of the molecule is CC(=O)N1CCN(c2ccc(Cl)cc2)CC1.NCCN/N=C(\CCl)C(F)(F)F. The first-order valence-electron chi connectivity index (χ1n) is 8.57. The number of nitrogens with two attached hydrogens (primary N) is 1. The molecule has 28 heavy (non-hydrogen) atoms. The molecule has 1 fully saturated rings. The second-order valence-electron chi connectivity index (χ2n) is 5.86. The normalized spacial score (nSPS) is 15.0. The molecule has 3 N–H and O–H groups in total. The van der Waals surface area contributed by atoms with Crippen molar-refractivity contribution in [1.82, 2.24) is 10.3 Å². The van der Waals surface area contributed by atoms with Crippen LogP contribution in [0.1, 0.15) is 6.92 Å². The highest BCUT2D eigenvalue weighted by molar-refractivity contribution is 6.30. The molecular weight excluding hydrogens is 418 g/mol. The molecule has 0 saturated carbocycles. The van der Waals surface area contributed by atoms with E-state index in [1.807, 2.05) is 29.2 Å². The number of piperazine rings is 1. The van der Waals surface area contributed by atoms with Crippen LogP contribution in [-0.4, -0.2) is 67.8 Å². The first-order chi connectivity index (χ1) is 13.2. The molecule has 1 aliphatic heterocycles. The van der Waals surface area contributed by atoms with E-state index in [1.54, 1.807) is 6.92 Å². The summed E-state index contributed by atoms with van der Waals surface area (Å²) in [5, 5.41) is 3.79. The van der Waals surface area contributed by atoms with Gasteiger partial charge in [0.05, 0.1) is 5.88 Å². The van der Waals surface area contributed by atoms with Crippen molar-refractivity contribution in [2.45, 2.75) is 13.1 Å². The van der Waals surface area contributed by atoms with Crippen molar-refractivity contribution in [2.24, 2.45) is 10.8 Å². The van der Waals surface area contributed by atoms with Gasteiger partial charge in [0.1, 0.15) is 0 Å². The van der Waals surface area contributed by atoms with Crippen molar-refractivity contribution < 1.29 is 18.0 Å². The molecule has 0 bridgehead atoms. The Balaban J connectivity index is 0.000000295. The van der Waals surface area contributed by atoms with Gasteiger partial charge in [-0.25, -0.2) is 0 Å². The summed E-state index contributed by atoms with van der Waals surface area (Å²) >= 11 is 10.9. The summed E-state index contributed by atoms with van der Waals surface area (Å²) in [5.41, 5.74) is 7.30. The van der Waals surface area contributed by atoms with E-state index in [9.17, 15) is 18.0 Å². The molecule has 1 heterocycles. The molecular formula is C17H24Cl2F3N5O. The van der Waals surface area contributed by atoms with Gasteiger partial charge in [0, 0.05) is 56.9 Å². The van der Waals surface area contributed by atoms with Crippen LogP contribution < -0.4 is 16.1 Å². The van der Waals surface area contributed by atoms with E-state index in [1.165, 1.54) is 5.69 Å². The van der Waals surface area contributed by atoms with Gasteiger partial charge in [-0.05, 0) is 24.3 Å². The minimum absolute atomic E-state index is 0.163. The maximum Gasteiger partial charge on any atom is 0.432 e. The fraction of sp³-hybridized carbons (Fsp3) is 0.529. The largest absolute Gasteiger partial charge is 0.432 e. The summed E-state index contributed by atoms with van der Waals surface area (Å²) in [4.78, 5) is 15.3. The number of carbonyl (C=O) groups excluding carboxylic acids is 1. The lowest BCUT2D eigenvalue weighted by Crippen LogP contribution is -2.48. The molecule has 1 amide bonds. The fourth-order valence-corrected chi connectivity index (χ4v) is 2.65. The molecule has 6 nitrogen and oxygen atoms in total. The smallest absolute Gasteiger partial charge is 0.368 e. The van der Waals surface area contributed by atoms with Gasteiger partial charge in [0.2, 0.25) is 5.91 Å². The number of nitrogens with zero attached hydrogens (tertiary/aromatic N) is 3. The van der Waals surface area contributed by atoms with Crippen LogP contribution in [0.3, 0.4) is 0 Å². The minimum Gasteiger partial charge on any atom is -0.368 e. The Bertz CT molecular complexity index is 633. The van der Waals surface area contributed by atoms with Crippen LogP contribution in [0.2, 0.25) is 5.02 Å². The van der Waals surface area contributed by atoms with Gasteiger partial charge in [-0.2, -0.15) is 18.3 Å². The quantitative estimate of drug-likeness (QED) is 0.318. The van der Waals surface area contributed by atoms with Gasteiger partial charge in [-0.15, -0.1) is 11.6 Å². The molecule has 158 valence electrons. The van der Waals surface area contributed by atoms with Crippen LogP contribution in [0.15, 0.2) is 29.4 Å². The molecule has 1 saturated heterocycles. The summed E-state index contributed by atoms with van der Waals surface area (Å²) in [7, 11) is 0. The van der Waals surface area contributed by atoms with E-state index >= 15 is 0 Å². The van der Waals surface area contributed by atoms with Gasteiger partial charge in [-0.3, -0.25) is 4.79 Å². The summed E-state index contributed by atoms with van der Waals surface area (Å²) in [5.74, 6) is -0.503. The van der Waals surface area contributed by atoms with E-state index in [4.69, 9.17) is 28.9 Å². The molecule has 1 aliphatic rings. The zero-order valence-electron chi connectivity index (χ0n) is 15.5. The van der Waals surface area contributed by atoms with Crippen LogP contribution >= 0.6 is 23.2 Å². The number of hydrogen-bond donors (Lipinski definition) is 2. The third-order valence-corrected chi connectivity index (χ3v) is 4.35. The highest BCUT2D eigenvalue weighted by atomic mass is 35.5. The lowest BCUT2D eigenvalue weighted by molar-refractivity contribution is -0.129. The number of carbonyl (C=O) groups is 1. The maximum absolute atomic E-state index is 11.9. The highest BCUT2D eigenvalue weighted by Gasteiger charge is 2.35. The number of anilines is 1. The van der Waals surface area contributed by atoms with Gasteiger partial charge >= 0.3 is 6.18 Å². The average Bonchev–Trinajstić information content (AvgIpc) is 2.65. The number of nitrogens with one attached hydrogen (secondary N) is 1. The Hall–Kier alpha value is -1.71. The van der Waals surface area contributed by atoms with Crippen molar-refractivity contribution in [3.63, 3.8) is 0 Å². The number of hydrazone groups is 1. The zero-order chi connectivity index (χ0) is 21.2. The molecule has 0 spiro atoms. The summed E-state index contributed by atoms with van der Waals surface area (Å²) in [6, 6.07) is 7.83. The van der Waals surface area contributed by atoms with Gasteiger partial charge in [0.15, 0.2) is 5.71 Å². The Morgan fingerprint density at radius 1 is 1.21 bits per heavy atom. The monoisotopic (exact) mass is 441 g/mol. The number of hydrogen-bond acceptors (Lipinski definition) is 5. The molecule has 0 radical (unpaired) electrons. The Kier molecular flexibility index (Phi) is 10.4. The third kappa shape index (κ3) is 8.53.